The number of rotatable bonds is 4. The van der Waals surface area contributed by atoms with Gasteiger partial charge >= 0.3 is 0 Å². The van der Waals surface area contributed by atoms with Crippen LogP contribution >= 0.6 is 15.9 Å². The third-order valence-electron chi connectivity index (χ3n) is 3.62. The minimum absolute atomic E-state index is 0.0324. The molecule has 0 aliphatic carbocycles. The molecule has 0 amide bonds. The van der Waals surface area contributed by atoms with Crippen molar-refractivity contribution in [3.05, 3.63) is 22.4 Å². The van der Waals surface area contributed by atoms with Crippen molar-refractivity contribution in [3.8, 4) is 0 Å². The van der Waals surface area contributed by atoms with Crippen LogP contribution in [-0.4, -0.2) is 39.0 Å². The van der Waals surface area contributed by atoms with Gasteiger partial charge in [0.15, 0.2) is 0 Å². The Labute approximate surface area is 132 Å². The molecule has 1 saturated heterocycles. The minimum atomic E-state index is -3.73. The highest BCUT2D eigenvalue weighted by Crippen LogP contribution is 2.27. The zero-order valence-electron chi connectivity index (χ0n) is 11.8. The Morgan fingerprint density at radius 3 is 2.90 bits per heavy atom. The second-order valence-corrected chi connectivity index (χ2v) is 7.69. The van der Waals surface area contributed by atoms with Crippen LogP contribution in [0, 0.1) is 5.82 Å². The van der Waals surface area contributed by atoms with Crippen LogP contribution in [-0.2, 0) is 10.0 Å². The first-order valence-electron chi connectivity index (χ1n) is 6.82. The summed E-state index contributed by atoms with van der Waals surface area (Å²) in [4.78, 5) is 2.17. The van der Waals surface area contributed by atoms with Crippen molar-refractivity contribution < 1.29 is 12.8 Å². The molecule has 1 atom stereocenters. The fraction of sp³-hybridized carbons (Fsp3) is 0.538. The van der Waals surface area contributed by atoms with Crippen LogP contribution in [0.5, 0.6) is 0 Å². The van der Waals surface area contributed by atoms with Gasteiger partial charge in [0.1, 0.15) is 5.82 Å². The predicted molar refractivity (Wildman–Crippen MR) is 84.0 cm³/mol. The second-order valence-electron chi connectivity index (χ2n) is 5.16. The van der Waals surface area contributed by atoms with Crippen molar-refractivity contribution in [1.82, 2.24) is 9.62 Å². The molecular weight excluding hydrogens is 361 g/mol. The lowest BCUT2D eigenvalue weighted by Gasteiger charge is -2.32. The number of sulfonamides is 1. The van der Waals surface area contributed by atoms with E-state index in [2.05, 4.69) is 25.6 Å². The van der Waals surface area contributed by atoms with Gasteiger partial charge in [-0.25, -0.2) is 17.5 Å². The predicted octanol–water partition coefficient (Wildman–Crippen LogP) is 1.93. The van der Waals surface area contributed by atoms with E-state index in [0.29, 0.717) is 6.54 Å². The molecule has 1 aromatic rings. The van der Waals surface area contributed by atoms with E-state index in [-0.39, 0.29) is 21.1 Å². The molecule has 0 radical (unpaired) electrons. The smallest absolute Gasteiger partial charge is 0.242 e. The number of hydrogen-bond donors (Lipinski definition) is 2. The highest BCUT2D eigenvalue weighted by molar-refractivity contribution is 9.10. The van der Waals surface area contributed by atoms with Crippen molar-refractivity contribution in [1.29, 1.82) is 0 Å². The topological polar surface area (TPSA) is 75.4 Å². The van der Waals surface area contributed by atoms with Crippen molar-refractivity contribution in [3.63, 3.8) is 0 Å². The first kappa shape index (κ1) is 16.7. The molecule has 1 heterocycles. The maximum atomic E-state index is 13.3. The van der Waals surface area contributed by atoms with E-state index in [1.54, 1.807) is 0 Å². The summed E-state index contributed by atoms with van der Waals surface area (Å²) in [6.07, 6.45) is 1.75. The number of nitrogens with two attached hydrogens (primary N) is 1. The number of nitrogen functional groups attached to an aromatic ring is 1. The molecule has 1 unspecified atom stereocenters. The van der Waals surface area contributed by atoms with Gasteiger partial charge in [-0.2, -0.15) is 0 Å². The summed E-state index contributed by atoms with van der Waals surface area (Å²) < 4.78 is 41.1. The highest BCUT2D eigenvalue weighted by atomic mass is 79.9. The summed E-state index contributed by atoms with van der Waals surface area (Å²) in [5, 5.41) is 0. The highest BCUT2D eigenvalue weighted by Gasteiger charge is 2.26. The molecule has 118 valence electrons. The number of benzene rings is 1. The minimum Gasteiger partial charge on any atom is -0.396 e. The van der Waals surface area contributed by atoms with Crippen molar-refractivity contribution in [2.24, 2.45) is 0 Å². The Balaban J connectivity index is 2.20. The van der Waals surface area contributed by atoms with Crippen LogP contribution < -0.4 is 10.5 Å². The number of hydrogen-bond acceptors (Lipinski definition) is 4. The molecular formula is C13H19BrFN3O2S. The molecule has 2 rings (SSSR count). The van der Waals surface area contributed by atoms with Gasteiger partial charge in [0.05, 0.1) is 10.6 Å². The zero-order valence-corrected chi connectivity index (χ0v) is 14.2. The van der Waals surface area contributed by atoms with Crippen molar-refractivity contribution in [2.75, 3.05) is 25.4 Å². The first-order chi connectivity index (χ1) is 9.83. The van der Waals surface area contributed by atoms with Crippen LogP contribution in [0.15, 0.2) is 21.5 Å². The standard InChI is InChI=1S/C13H19BrFN3O2S/c1-2-18-5-3-4-9(8-18)17-21(19,20)13-7-12(16)11(15)6-10(13)14/h6-7,9,17H,2-5,8,16H2,1H3. The maximum Gasteiger partial charge on any atom is 0.242 e. The van der Waals surface area contributed by atoms with Crippen LogP contribution in [0.25, 0.3) is 0 Å². The third kappa shape index (κ3) is 3.94. The number of piperidine rings is 1. The maximum absolute atomic E-state index is 13.3. The van der Waals surface area contributed by atoms with E-state index < -0.39 is 15.8 Å². The SMILES string of the molecule is CCN1CCCC(NS(=O)(=O)c2cc(N)c(F)cc2Br)C1. The molecule has 8 heteroatoms. The molecule has 0 saturated carbocycles. The van der Waals surface area contributed by atoms with Gasteiger partial charge in [-0.3, -0.25) is 0 Å². The van der Waals surface area contributed by atoms with E-state index >= 15 is 0 Å². The Morgan fingerprint density at radius 2 is 2.24 bits per heavy atom. The summed E-state index contributed by atoms with van der Waals surface area (Å²) >= 11 is 3.08. The fourth-order valence-electron chi connectivity index (χ4n) is 2.47. The van der Waals surface area contributed by atoms with E-state index in [4.69, 9.17) is 5.73 Å². The molecule has 3 N–H and O–H groups in total. The average molecular weight is 380 g/mol. The number of nitrogens with zero attached hydrogens (tertiary/aromatic N) is 1. The van der Waals surface area contributed by atoms with Gasteiger partial charge in [-0.15, -0.1) is 0 Å². The number of anilines is 1. The van der Waals surface area contributed by atoms with Crippen LogP contribution in [0.1, 0.15) is 19.8 Å². The quantitative estimate of drug-likeness (QED) is 0.783. The summed E-state index contributed by atoms with van der Waals surface area (Å²) in [5.74, 6) is -0.643. The van der Waals surface area contributed by atoms with Gasteiger partial charge in [-0.1, -0.05) is 6.92 Å². The molecule has 0 spiro atoms. The van der Waals surface area contributed by atoms with Gasteiger partial charge < -0.3 is 10.6 Å². The molecule has 1 fully saturated rings. The monoisotopic (exact) mass is 379 g/mol. The molecule has 5 nitrogen and oxygen atoms in total. The summed E-state index contributed by atoms with van der Waals surface area (Å²) in [6, 6.07) is 2.08. The zero-order chi connectivity index (χ0) is 15.6. The third-order valence-corrected chi connectivity index (χ3v) is 6.09. The number of halogens is 2. The van der Waals surface area contributed by atoms with Gasteiger partial charge in [0.2, 0.25) is 10.0 Å². The lowest BCUT2D eigenvalue weighted by molar-refractivity contribution is 0.211. The van der Waals surface area contributed by atoms with Crippen molar-refractivity contribution >= 4 is 31.6 Å². The van der Waals surface area contributed by atoms with E-state index in [0.717, 1.165) is 38.1 Å². The Morgan fingerprint density at radius 1 is 1.52 bits per heavy atom. The van der Waals surface area contributed by atoms with Gasteiger partial charge in [0.25, 0.3) is 0 Å². The van der Waals surface area contributed by atoms with E-state index in [1.807, 2.05) is 6.92 Å². The van der Waals surface area contributed by atoms with Crippen molar-refractivity contribution in [2.45, 2.75) is 30.7 Å². The molecule has 1 aromatic carbocycles. The van der Waals surface area contributed by atoms with Gasteiger partial charge in [0, 0.05) is 17.1 Å². The Kier molecular flexibility index (Phi) is 5.24. The fourth-order valence-corrected chi connectivity index (χ4v) is 4.78. The lowest BCUT2D eigenvalue weighted by Crippen LogP contribution is -2.47. The molecule has 21 heavy (non-hydrogen) atoms. The van der Waals surface area contributed by atoms with Crippen LogP contribution in [0.3, 0.4) is 0 Å². The normalized spacial score (nSPS) is 20.6. The van der Waals surface area contributed by atoms with E-state index in [9.17, 15) is 12.8 Å². The summed E-state index contributed by atoms with van der Waals surface area (Å²) in [7, 11) is -3.73. The van der Waals surface area contributed by atoms with E-state index in [1.165, 1.54) is 0 Å². The Bertz CT molecular complexity index is 624. The van der Waals surface area contributed by atoms with Gasteiger partial charge in [-0.05, 0) is 54.0 Å². The second kappa shape index (κ2) is 6.60. The molecule has 1 aliphatic rings. The lowest BCUT2D eigenvalue weighted by atomic mass is 10.1. The van der Waals surface area contributed by atoms with Crippen LogP contribution in [0.2, 0.25) is 0 Å². The first-order valence-corrected chi connectivity index (χ1v) is 9.10. The van der Waals surface area contributed by atoms with Crippen LogP contribution in [0.4, 0.5) is 10.1 Å². The molecule has 0 bridgehead atoms. The number of nitrogens with one attached hydrogen (secondary N) is 1. The summed E-state index contributed by atoms with van der Waals surface area (Å²) in [6.45, 7) is 4.62. The average Bonchev–Trinajstić information content (AvgIpc) is 2.42. The largest absolute Gasteiger partial charge is 0.396 e. The number of likely N-dealkylation sites (tertiary alicyclic amines) is 1. The molecule has 0 aromatic heterocycles. The Hall–Kier alpha value is -0.700. The number of likely N-dealkylation sites (N-methyl/N-ethyl adjacent to an activating group) is 1. The summed E-state index contributed by atoms with van der Waals surface area (Å²) in [5.41, 5.74) is 5.28. The molecule has 1 aliphatic heterocycles.